The molecule has 14 heteroatoms. The van der Waals surface area contributed by atoms with E-state index in [0.29, 0.717) is 44.6 Å². The van der Waals surface area contributed by atoms with Crippen molar-refractivity contribution in [2.24, 2.45) is 0 Å². The quantitative estimate of drug-likeness (QED) is 0.293. The molecule has 1 atom stereocenters. The van der Waals surface area contributed by atoms with Crippen LogP contribution in [0.2, 0.25) is 5.02 Å². The molecular weight excluding hydrogens is 531 g/mol. The van der Waals surface area contributed by atoms with Gasteiger partial charge in [0.05, 0.1) is 5.56 Å². The summed E-state index contributed by atoms with van der Waals surface area (Å²) in [7, 11) is 0. The summed E-state index contributed by atoms with van der Waals surface area (Å²) in [6.45, 7) is 2.23. The highest BCUT2D eigenvalue weighted by Crippen LogP contribution is 2.34. The Morgan fingerprint density at radius 2 is 1.89 bits per heavy atom. The minimum atomic E-state index is -4.51. The Bertz CT molecular complexity index is 1300. The first-order valence-corrected chi connectivity index (χ1v) is 12.3. The van der Waals surface area contributed by atoms with Crippen LogP contribution in [-0.4, -0.2) is 51.4 Å². The summed E-state index contributed by atoms with van der Waals surface area (Å²) in [6, 6.07) is 8.65. The van der Waals surface area contributed by atoms with Gasteiger partial charge in [-0.3, -0.25) is 4.57 Å². The molecule has 3 aromatic rings. The minimum absolute atomic E-state index is 0.00348. The highest BCUT2D eigenvalue weighted by molar-refractivity contribution is 6.31. The average molecular weight is 554 g/mol. The van der Waals surface area contributed by atoms with E-state index in [1.165, 1.54) is 6.20 Å². The molecule has 2 aliphatic rings. The van der Waals surface area contributed by atoms with Crippen molar-refractivity contribution in [2.45, 2.75) is 44.2 Å². The first-order chi connectivity index (χ1) is 18.2. The summed E-state index contributed by atoms with van der Waals surface area (Å²) in [5.41, 5.74) is 0.0894. The summed E-state index contributed by atoms with van der Waals surface area (Å²) in [4.78, 5) is 20.2. The highest BCUT2D eigenvalue weighted by Gasteiger charge is 2.32. The van der Waals surface area contributed by atoms with E-state index in [1.54, 1.807) is 4.57 Å². The monoisotopic (exact) mass is 553 g/mol. The average Bonchev–Trinajstić information content (AvgIpc) is 3.33. The lowest BCUT2D eigenvalue weighted by molar-refractivity contribution is -0.389. The van der Waals surface area contributed by atoms with Crippen molar-refractivity contribution >= 4 is 23.1 Å². The minimum Gasteiger partial charge on any atom is -0.490 e. The van der Waals surface area contributed by atoms with Crippen molar-refractivity contribution in [3.8, 4) is 17.6 Å². The lowest BCUT2D eigenvalue weighted by Crippen LogP contribution is -2.38. The second-order valence-corrected chi connectivity index (χ2v) is 9.39. The van der Waals surface area contributed by atoms with Crippen LogP contribution in [0.3, 0.4) is 0 Å². The van der Waals surface area contributed by atoms with Crippen LogP contribution in [0.4, 0.5) is 24.7 Å². The molecule has 202 valence electrons. The summed E-state index contributed by atoms with van der Waals surface area (Å²) < 4.78 is 57.4. The molecule has 0 aliphatic carbocycles. The molecule has 4 heterocycles. The van der Waals surface area contributed by atoms with Crippen LogP contribution < -0.4 is 19.1 Å². The van der Waals surface area contributed by atoms with Gasteiger partial charge in [-0.05, 0) is 35.3 Å². The van der Waals surface area contributed by atoms with E-state index < -0.39 is 16.7 Å². The molecule has 38 heavy (non-hydrogen) atoms. The van der Waals surface area contributed by atoms with Gasteiger partial charge in [-0.15, -0.1) is 0 Å². The van der Waals surface area contributed by atoms with E-state index >= 15 is 0 Å². The highest BCUT2D eigenvalue weighted by atomic mass is 35.5. The molecule has 0 bridgehead atoms. The van der Waals surface area contributed by atoms with Crippen LogP contribution in [-0.2, 0) is 12.7 Å². The Kier molecular flexibility index (Phi) is 7.19. The predicted molar refractivity (Wildman–Crippen MR) is 130 cm³/mol. The molecule has 2 aromatic heterocycles. The number of nitro groups is 1. The van der Waals surface area contributed by atoms with Crippen LogP contribution >= 0.6 is 11.6 Å². The predicted octanol–water partition coefficient (Wildman–Crippen LogP) is 5.14. The molecule has 0 saturated carbocycles. The number of rotatable bonds is 7. The number of nitrogens with zero attached hydrogens (tertiary/aromatic N) is 5. The number of aryl methyl sites for hydroxylation is 1. The number of fused-ring (bicyclic) bond motifs is 1. The standard InChI is InChI=1S/C24H23ClF3N5O5/c25-20-11-15(24(26,27)28)12-29-22(20)37-18-5-8-31(9-6-18)16-1-3-17(4-2-16)36-14-19-7-10-32-13-21(33(34)35)30-23(32)38-19/h1-4,11-13,18-19H,5-10,14H2/t19-/m1/s1. The molecule has 1 aromatic carbocycles. The summed E-state index contributed by atoms with van der Waals surface area (Å²) in [5, 5.41) is 10.7. The Morgan fingerprint density at radius 1 is 1.16 bits per heavy atom. The second-order valence-electron chi connectivity index (χ2n) is 8.98. The maximum absolute atomic E-state index is 12.8. The molecule has 0 amide bonds. The Labute approximate surface area is 220 Å². The molecular formula is C24H23ClF3N5O5. The fourth-order valence-electron chi connectivity index (χ4n) is 4.34. The number of anilines is 1. The topological polar surface area (TPSA) is 105 Å². The van der Waals surface area contributed by atoms with Crippen LogP contribution in [0.15, 0.2) is 42.7 Å². The van der Waals surface area contributed by atoms with Crippen molar-refractivity contribution in [2.75, 3.05) is 24.6 Å². The van der Waals surface area contributed by atoms with E-state index in [2.05, 4.69) is 14.9 Å². The number of piperidine rings is 1. The molecule has 1 fully saturated rings. The van der Waals surface area contributed by atoms with Gasteiger partial charge >= 0.3 is 18.0 Å². The number of pyridine rings is 1. The van der Waals surface area contributed by atoms with Gasteiger partial charge in [-0.25, -0.2) is 4.98 Å². The van der Waals surface area contributed by atoms with E-state index in [9.17, 15) is 23.3 Å². The first kappa shape index (κ1) is 25.9. The Balaban J connectivity index is 1.09. The Morgan fingerprint density at radius 3 is 2.55 bits per heavy atom. The third-order valence-corrected chi connectivity index (χ3v) is 6.64. The number of hydrogen-bond donors (Lipinski definition) is 0. The molecule has 2 aliphatic heterocycles. The molecule has 0 N–H and O–H groups in total. The molecule has 5 rings (SSSR count). The van der Waals surface area contributed by atoms with Crippen molar-refractivity contribution in [1.82, 2.24) is 14.5 Å². The third kappa shape index (κ3) is 5.87. The van der Waals surface area contributed by atoms with E-state index in [-0.39, 0.29) is 41.5 Å². The maximum atomic E-state index is 12.8. The van der Waals surface area contributed by atoms with Crippen LogP contribution in [0.1, 0.15) is 24.8 Å². The van der Waals surface area contributed by atoms with Crippen LogP contribution in [0.25, 0.3) is 0 Å². The van der Waals surface area contributed by atoms with Gasteiger partial charge in [0.15, 0.2) is 0 Å². The number of ether oxygens (including phenoxy) is 3. The first-order valence-electron chi connectivity index (χ1n) is 11.9. The smallest absolute Gasteiger partial charge is 0.417 e. The molecule has 0 radical (unpaired) electrons. The van der Waals surface area contributed by atoms with Gasteiger partial charge in [0.2, 0.25) is 5.88 Å². The van der Waals surface area contributed by atoms with Gasteiger partial charge in [-0.2, -0.15) is 13.2 Å². The van der Waals surface area contributed by atoms with E-state index in [0.717, 1.165) is 18.0 Å². The second kappa shape index (κ2) is 10.6. The lowest BCUT2D eigenvalue weighted by Gasteiger charge is -2.33. The molecule has 0 unspecified atom stereocenters. The largest absolute Gasteiger partial charge is 0.490 e. The fourth-order valence-corrected chi connectivity index (χ4v) is 4.55. The van der Waals surface area contributed by atoms with Gasteiger partial charge in [0.25, 0.3) is 0 Å². The van der Waals surface area contributed by atoms with Gasteiger partial charge in [0.1, 0.15) is 35.8 Å². The van der Waals surface area contributed by atoms with E-state index in [4.69, 9.17) is 25.8 Å². The maximum Gasteiger partial charge on any atom is 0.417 e. The van der Waals surface area contributed by atoms with Crippen LogP contribution in [0, 0.1) is 10.1 Å². The normalized spacial score (nSPS) is 18.0. The summed E-state index contributed by atoms with van der Waals surface area (Å²) in [6.07, 6.45) is -0.946. The van der Waals surface area contributed by atoms with Gasteiger partial charge < -0.3 is 29.2 Å². The number of hydrogen-bond acceptors (Lipinski definition) is 8. The van der Waals surface area contributed by atoms with Crippen LogP contribution in [0.5, 0.6) is 17.6 Å². The fraction of sp³-hybridized carbons (Fsp3) is 0.417. The van der Waals surface area contributed by atoms with E-state index in [1.807, 2.05) is 24.3 Å². The third-order valence-electron chi connectivity index (χ3n) is 6.37. The number of alkyl halides is 3. The molecule has 1 saturated heterocycles. The number of halogens is 4. The zero-order chi connectivity index (χ0) is 26.9. The summed E-state index contributed by atoms with van der Waals surface area (Å²) >= 11 is 5.96. The van der Waals surface area contributed by atoms with Crippen molar-refractivity contribution in [3.05, 3.63) is 63.4 Å². The van der Waals surface area contributed by atoms with Crippen molar-refractivity contribution in [1.29, 1.82) is 0 Å². The van der Waals surface area contributed by atoms with Crippen molar-refractivity contribution in [3.63, 3.8) is 0 Å². The number of aromatic nitrogens is 3. The van der Waals surface area contributed by atoms with Gasteiger partial charge in [0, 0.05) is 55.8 Å². The number of benzene rings is 1. The summed E-state index contributed by atoms with van der Waals surface area (Å²) in [5.74, 6) is 0.426. The van der Waals surface area contributed by atoms with Crippen molar-refractivity contribution < 1.29 is 32.3 Å². The zero-order valence-electron chi connectivity index (χ0n) is 19.9. The molecule has 0 spiro atoms. The molecule has 10 nitrogen and oxygen atoms in total. The SMILES string of the molecule is O=[N+]([O-])c1cn2c(n1)O[C@@H](COc1ccc(N3CCC(Oc4ncc(C(F)(F)F)cc4Cl)CC3)cc1)CC2. The van der Waals surface area contributed by atoms with Gasteiger partial charge in [-0.1, -0.05) is 11.6 Å². The number of imidazole rings is 1. The lowest BCUT2D eigenvalue weighted by atomic mass is 10.1. The zero-order valence-corrected chi connectivity index (χ0v) is 20.7. The Hall–Kier alpha value is -3.74.